The van der Waals surface area contributed by atoms with Crippen LogP contribution in [0.15, 0.2) is 0 Å². The second kappa shape index (κ2) is 8.86. The van der Waals surface area contributed by atoms with Gasteiger partial charge in [-0.25, -0.2) is 0 Å². The zero-order valence-electron chi connectivity index (χ0n) is 11.2. The van der Waals surface area contributed by atoms with Crippen LogP contribution in [0, 0.1) is 5.92 Å². The Morgan fingerprint density at radius 3 is 2.82 bits per heavy atom. The van der Waals surface area contributed by atoms with E-state index in [0.29, 0.717) is 31.8 Å². The van der Waals surface area contributed by atoms with Crippen molar-refractivity contribution in [3.05, 3.63) is 0 Å². The molecule has 1 aliphatic rings. The monoisotopic (exact) mass is 245 g/mol. The van der Waals surface area contributed by atoms with Gasteiger partial charge in [0.05, 0.1) is 25.4 Å². The van der Waals surface area contributed by atoms with Gasteiger partial charge in [0.15, 0.2) is 0 Å². The largest absolute Gasteiger partial charge is 0.389 e. The van der Waals surface area contributed by atoms with E-state index in [0.717, 1.165) is 13.0 Å². The normalized spacial score (nSPS) is 27.0. The molecule has 0 saturated heterocycles. The van der Waals surface area contributed by atoms with Gasteiger partial charge < -0.3 is 19.9 Å². The molecule has 0 aromatic rings. The minimum absolute atomic E-state index is 0.345. The molecule has 3 atom stereocenters. The lowest BCUT2D eigenvalue weighted by molar-refractivity contribution is -0.0452. The molecule has 4 heteroatoms. The maximum Gasteiger partial charge on any atom is 0.0897 e. The second-order valence-electron chi connectivity index (χ2n) is 4.98. The Bertz CT molecular complexity index is 190. The number of aliphatic hydroxyl groups is 1. The van der Waals surface area contributed by atoms with Crippen LogP contribution < -0.4 is 5.32 Å². The van der Waals surface area contributed by atoms with Crippen LogP contribution in [0.5, 0.6) is 0 Å². The van der Waals surface area contributed by atoms with Crippen LogP contribution in [0.1, 0.15) is 32.6 Å². The molecule has 0 aromatic heterocycles. The Hall–Kier alpha value is -0.160. The fourth-order valence-corrected chi connectivity index (χ4v) is 2.27. The summed E-state index contributed by atoms with van der Waals surface area (Å²) >= 11 is 0. The highest BCUT2D eigenvalue weighted by atomic mass is 16.5. The number of hydrogen-bond donors (Lipinski definition) is 2. The van der Waals surface area contributed by atoms with Gasteiger partial charge in [-0.05, 0) is 18.8 Å². The fourth-order valence-electron chi connectivity index (χ4n) is 2.27. The summed E-state index contributed by atoms with van der Waals surface area (Å²) in [6.07, 6.45) is 4.91. The highest BCUT2D eigenvalue weighted by Crippen LogP contribution is 2.26. The Balaban J connectivity index is 2.03. The summed E-state index contributed by atoms with van der Waals surface area (Å²) in [5.74, 6) is 0.636. The van der Waals surface area contributed by atoms with Gasteiger partial charge in [-0.3, -0.25) is 0 Å². The Morgan fingerprint density at radius 1 is 1.35 bits per heavy atom. The number of aliphatic hydroxyl groups excluding tert-OH is 1. The van der Waals surface area contributed by atoms with Gasteiger partial charge in [-0.1, -0.05) is 19.8 Å². The molecule has 0 radical (unpaired) electrons. The molecule has 4 nitrogen and oxygen atoms in total. The predicted octanol–water partition coefficient (Wildman–Crippen LogP) is 1.18. The van der Waals surface area contributed by atoms with Crippen molar-refractivity contribution in [1.82, 2.24) is 5.32 Å². The lowest BCUT2D eigenvalue weighted by atomic mass is 9.88. The smallest absolute Gasteiger partial charge is 0.0897 e. The SMILES string of the molecule is COCCNC[C@H](O)CO[C@H]1CCCC[C@H]1C. The fraction of sp³-hybridized carbons (Fsp3) is 1.00. The Morgan fingerprint density at radius 2 is 2.12 bits per heavy atom. The van der Waals surface area contributed by atoms with E-state index in [2.05, 4.69) is 12.2 Å². The third kappa shape index (κ3) is 6.36. The van der Waals surface area contributed by atoms with Crippen molar-refractivity contribution in [1.29, 1.82) is 0 Å². The van der Waals surface area contributed by atoms with Gasteiger partial charge in [0, 0.05) is 20.2 Å². The van der Waals surface area contributed by atoms with Crippen LogP contribution in [-0.4, -0.2) is 50.7 Å². The molecule has 0 heterocycles. The summed E-state index contributed by atoms with van der Waals surface area (Å²) in [6, 6.07) is 0. The third-order valence-electron chi connectivity index (χ3n) is 3.40. The van der Waals surface area contributed by atoms with Gasteiger partial charge >= 0.3 is 0 Å². The first-order chi connectivity index (χ1) is 8.24. The highest BCUT2D eigenvalue weighted by Gasteiger charge is 2.22. The molecular weight excluding hydrogens is 218 g/mol. The summed E-state index contributed by atoms with van der Waals surface area (Å²) in [5, 5.41) is 12.9. The average molecular weight is 245 g/mol. The Kier molecular flexibility index (Phi) is 7.77. The molecule has 1 fully saturated rings. The van der Waals surface area contributed by atoms with Crippen LogP contribution in [0.25, 0.3) is 0 Å². The zero-order valence-corrected chi connectivity index (χ0v) is 11.2. The minimum atomic E-state index is -0.416. The Labute approximate surface area is 105 Å². The first kappa shape index (κ1) is 14.9. The topological polar surface area (TPSA) is 50.7 Å². The molecule has 0 amide bonds. The van der Waals surface area contributed by atoms with Crippen molar-refractivity contribution >= 4 is 0 Å². The lowest BCUT2D eigenvalue weighted by Gasteiger charge is -2.29. The van der Waals surface area contributed by atoms with Gasteiger partial charge in [0.25, 0.3) is 0 Å². The molecule has 1 saturated carbocycles. The summed E-state index contributed by atoms with van der Waals surface area (Å²) in [7, 11) is 1.67. The molecule has 0 bridgehead atoms. The van der Waals surface area contributed by atoms with Crippen LogP contribution in [0.2, 0.25) is 0 Å². The molecule has 1 aliphatic carbocycles. The van der Waals surface area contributed by atoms with Crippen molar-refractivity contribution in [3.63, 3.8) is 0 Å². The molecular formula is C13H27NO3. The molecule has 102 valence electrons. The van der Waals surface area contributed by atoms with E-state index in [4.69, 9.17) is 9.47 Å². The van der Waals surface area contributed by atoms with E-state index in [1.165, 1.54) is 19.3 Å². The number of methoxy groups -OCH3 is 1. The maximum absolute atomic E-state index is 9.74. The molecule has 2 N–H and O–H groups in total. The standard InChI is InChI=1S/C13H27NO3/c1-11-5-3-4-6-13(11)17-10-12(15)9-14-7-8-16-2/h11-15H,3-10H2,1-2H3/t11-,12+,13+/m1/s1. The van der Waals surface area contributed by atoms with Crippen molar-refractivity contribution in [3.8, 4) is 0 Å². The van der Waals surface area contributed by atoms with Crippen molar-refractivity contribution in [2.24, 2.45) is 5.92 Å². The van der Waals surface area contributed by atoms with Crippen LogP contribution in [0.4, 0.5) is 0 Å². The number of rotatable bonds is 8. The molecule has 0 aliphatic heterocycles. The van der Waals surface area contributed by atoms with E-state index in [1.54, 1.807) is 7.11 Å². The van der Waals surface area contributed by atoms with E-state index >= 15 is 0 Å². The minimum Gasteiger partial charge on any atom is -0.389 e. The number of hydrogen-bond acceptors (Lipinski definition) is 4. The van der Waals surface area contributed by atoms with Gasteiger partial charge in [-0.15, -0.1) is 0 Å². The molecule has 0 aromatic carbocycles. The van der Waals surface area contributed by atoms with Crippen molar-refractivity contribution < 1.29 is 14.6 Å². The van der Waals surface area contributed by atoms with Gasteiger partial charge in [0.1, 0.15) is 0 Å². The van der Waals surface area contributed by atoms with Crippen LogP contribution in [0.3, 0.4) is 0 Å². The van der Waals surface area contributed by atoms with E-state index in [9.17, 15) is 5.11 Å². The molecule has 1 rings (SSSR count). The third-order valence-corrected chi connectivity index (χ3v) is 3.40. The van der Waals surface area contributed by atoms with E-state index in [-0.39, 0.29) is 0 Å². The van der Waals surface area contributed by atoms with E-state index < -0.39 is 6.10 Å². The number of nitrogens with one attached hydrogen (secondary N) is 1. The van der Waals surface area contributed by atoms with Gasteiger partial charge in [0.2, 0.25) is 0 Å². The molecule has 0 unspecified atom stereocenters. The molecule has 17 heavy (non-hydrogen) atoms. The van der Waals surface area contributed by atoms with Crippen molar-refractivity contribution in [2.45, 2.75) is 44.8 Å². The first-order valence-electron chi connectivity index (χ1n) is 6.73. The zero-order chi connectivity index (χ0) is 12.5. The summed E-state index contributed by atoms with van der Waals surface area (Å²) in [4.78, 5) is 0. The average Bonchev–Trinajstić information content (AvgIpc) is 2.34. The number of ether oxygens (including phenoxy) is 2. The van der Waals surface area contributed by atoms with Gasteiger partial charge in [-0.2, -0.15) is 0 Å². The molecule has 0 spiro atoms. The van der Waals surface area contributed by atoms with E-state index in [1.807, 2.05) is 0 Å². The van der Waals surface area contributed by atoms with Crippen molar-refractivity contribution in [2.75, 3.05) is 33.4 Å². The summed E-state index contributed by atoms with van der Waals surface area (Å²) in [5.41, 5.74) is 0. The summed E-state index contributed by atoms with van der Waals surface area (Å²) < 4.78 is 10.7. The second-order valence-corrected chi connectivity index (χ2v) is 4.98. The quantitative estimate of drug-likeness (QED) is 0.631. The lowest BCUT2D eigenvalue weighted by Crippen LogP contribution is -2.35. The highest BCUT2D eigenvalue weighted by molar-refractivity contribution is 4.73. The maximum atomic E-state index is 9.74. The van der Waals surface area contributed by atoms with Crippen LogP contribution >= 0.6 is 0 Å². The predicted molar refractivity (Wildman–Crippen MR) is 68.1 cm³/mol. The first-order valence-corrected chi connectivity index (χ1v) is 6.73. The van der Waals surface area contributed by atoms with Crippen LogP contribution in [-0.2, 0) is 9.47 Å². The summed E-state index contributed by atoms with van der Waals surface area (Å²) in [6.45, 7) is 4.70.